The molecule has 0 unspecified atom stereocenters. The van der Waals surface area contributed by atoms with Gasteiger partial charge in [0.2, 0.25) is 0 Å². The second-order valence-electron chi connectivity index (χ2n) is 8.20. The Kier molecular flexibility index (Phi) is 7.96. The van der Waals surface area contributed by atoms with Crippen LogP contribution in [-0.2, 0) is 16.5 Å². The molecule has 3 N–H and O–H groups in total. The molecule has 4 rings (SSSR count). The number of carbonyl (C=O) groups excluding carboxylic acids is 1. The van der Waals surface area contributed by atoms with Crippen molar-refractivity contribution in [1.29, 1.82) is 0 Å². The molecule has 38 heavy (non-hydrogen) atoms. The zero-order chi connectivity index (χ0) is 27.4. The lowest BCUT2D eigenvalue weighted by Crippen LogP contribution is -2.12. The van der Waals surface area contributed by atoms with E-state index in [1.54, 1.807) is 61.5 Å². The minimum Gasteiger partial charge on any atom is -0.505 e. The number of benzene rings is 4. The van der Waals surface area contributed by atoms with Gasteiger partial charge < -0.3 is 15.2 Å². The van der Waals surface area contributed by atoms with Crippen LogP contribution >= 0.6 is 11.6 Å². The summed E-state index contributed by atoms with van der Waals surface area (Å²) < 4.78 is 38.0. The van der Waals surface area contributed by atoms with Crippen LogP contribution in [0, 0.1) is 0 Å². The highest BCUT2D eigenvalue weighted by Crippen LogP contribution is 2.41. The van der Waals surface area contributed by atoms with Crippen molar-refractivity contribution in [3.63, 3.8) is 0 Å². The van der Waals surface area contributed by atoms with E-state index in [1.165, 1.54) is 6.07 Å². The van der Waals surface area contributed by atoms with Crippen LogP contribution in [0.4, 0.5) is 17.1 Å². The van der Waals surface area contributed by atoms with Crippen molar-refractivity contribution in [3.05, 3.63) is 82.9 Å². The van der Waals surface area contributed by atoms with Gasteiger partial charge in [0.25, 0.3) is 16.0 Å². The minimum absolute atomic E-state index is 0.0185. The van der Waals surface area contributed by atoms with Gasteiger partial charge in [-0.1, -0.05) is 42.8 Å². The lowest BCUT2D eigenvalue weighted by atomic mass is 10.0. The molecule has 0 aliphatic rings. The maximum absolute atomic E-state index is 13.1. The van der Waals surface area contributed by atoms with E-state index in [0.717, 1.165) is 6.07 Å². The van der Waals surface area contributed by atoms with Crippen molar-refractivity contribution < 1.29 is 27.6 Å². The molecule has 196 valence electrons. The van der Waals surface area contributed by atoms with Crippen LogP contribution in [-0.4, -0.2) is 30.6 Å². The van der Waals surface area contributed by atoms with Crippen molar-refractivity contribution in [1.82, 2.24) is 0 Å². The molecule has 0 aliphatic heterocycles. The summed E-state index contributed by atoms with van der Waals surface area (Å²) in [5.41, 5.74) is 1.12. The molecule has 0 fully saturated rings. The summed E-state index contributed by atoms with van der Waals surface area (Å²) in [6, 6.07) is 17.7. The predicted octanol–water partition coefficient (Wildman–Crippen LogP) is 7.07. The number of hydrogen-bond acceptors (Lipinski definition) is 7. The number of fused-ring (bicyclic) bond motifs is 1. The average Bonchev–Trinajstić information content (AvgIpc) is 2.88. The standard InChI is InChI=1S/C27H24ClN3O6S/c1-3-16-13-20(38(34,35)36)15-23(28)24(16)30-31-25-21-8-6-5-7-17(21)14-22(26(25)32)27(33)29-18-9-11-19(12-10-18)37-4-2/h5-15,32H,3-4H2,1-2H3,(H,29,33)(H,34,35,36). The molecule has 0 saturated heterocycles. The van der Waals surface area contributed by atoms with Crippen molar-refractivity contribution in [2.75, 3.05) is 11.9 Å². The van der Waals surface area contributed by atoms with Crippen molar-refractivity contribution in [2.45, 2.75) is 25.2 Å². The molecular weight excluding hydrogens is 530 g/mol. The van der Waals surface area contributed by atoms with E-state index in [9.17, 15) is 22.9 Å². The number of rotatable bonds is 8. The van der Waals surface area contributed by atoms with Gasteiger partial charge in [-0.3, -0.25) is 9.35 Å². The number of halogens is 1. The topological polar surface area (TPSA) is 138 Å². The van der Waals surface area contributed by atoms with E-state index in [4.69, 9.17) is 16.3 Å². The fourth-order valence-electron chi connectivity index (χ4n) is 3.85. The molecular formula is C27H24ClN3O6S. The van der Waals surface area contributed by atoms with Crippen molar-refractivity contribution in [3.8, 4) is 11.5 Å². The maximum Gasteiger partial charge on any atom is 0.294 e. The van der Waals surface area contributed by atoms with Gasteiger partial charge in [0.15, 0.2) is 5.75 Å². The summed E-state index contributed by atoms with van der Waals surface area (Å²) >= 11 is 6.28. The largest absolute Gasteiger partial charge is 0.505 e. The fraction of sp³-hybridized carbons (Fsp3) is 0.148. The first kappa shape index (κ1) is 27.1. The van der Waals surface area contributed by atoms with Crippen molar-refractivity contribution >= 4 is 55.5 Å². The first-order chi connectivity index (χ1) is 18.1. The monoisotopic (exact) mass is 553 g/mol. The van der Waals surface area contributed by atoms with E-state index in [1.807, 2.05) is 6.92 Å². The summed E-state index contributed by atoms with van der Waals surface area (Å²) in [6.45, 7) is 4.15. The zero-order valence-electron chi connectivity index (χ0n) is 20.5. The molecule has 0 spiro atoms. The summed E-state index contributed by atoms with van der Waals surface area (Å²) in [5.74, 6) is -0.283. The fourth-order valence-corrected chi connectivity index (χ4v) is 4.75. The van der Waals surface area contributed by atoms with Crippen LogP contribution in [0.25, 0.3) is 10.8 Å². The molecule has 11 heteroatoms. The number of phenolic OH excluding ortho intramolecular Hbond substituents is 1. The lowest BCUT2D eigenvalue weighted by Gasteiger charge is -2.12. The highest BCUT2D eigenvalue weighted by Gasteiger charge is 2.20. The molecule has 0 aliphatic carbocycles. The molecule has 0 aromatic heterocycles. The third-order valence-corrected chi connectivity index (χ3v) is 6.83. The van der Waals surface area contributed by atoms with Gasteiger partial charge in [-0.15, -0.1) is 10.2 Å². The molecule has 0 atom stereocenters. The quantitative estimate of drug-likeness (QED) is 0.157. The molecule has 4 aromatic carbocycles. The summed E-state index contributed by atoms with van der Waals surface area (Å²) in [7, 11) is -4.47. The zero-order valence-corrected chi connectivity index (χ0v) is 22.0. The summed E-state index contributed by atoms with van der Waals surface area (Å²) in [4.78, 5) is 12.8. The van der Waals surface area contributed by atoms with Gasteiger partial charge in [-0.05, 0) is 66.8 Å². The minimum atomic E-state index is -4.47. The van der Waals surface area contributed by atoms with Crippen molar-refractivity contribution in [2.24, 2.45) is 10.2 Å². The number of ether oxygens (including phenoxy) is 1. The van der Waals surface area contributed by atoms with E-state index in [2.05, 4.69) is 15.5 Å². The third kappa shape index (κ3) is 5.77. The van der Waals surface area contributed by atoms with Crippen LogP contribution in [0.2, 0.25) is 5.02 Å². The number of anilines is 1. The van der Waals surface area contributed by atoms with E-state index in [-0.39, 0.29) is 32.6 Å². The number of amides is 1. The highest BCUT2D eigenvalue weighted by molar-refractivity contribution is 7.85. The number of phenols is 1. The van der Waals surface area contributed by atoms with Gasteiger partial charge in [0.1, 0.15) is 17.1 Å². The molecule has 0 radical (unpaired) electrons. The molecule has 9 nitrogen and oxygen atoms in total. The predicted molar refractivity (Wildman–Crippen MR) is 146 cm³/mol. The van der Waals surface area contributed by atoms with Crippen LogP contribution in [0.5, 0.6) is 11.5 Å². The third-order valence-electron chi connectivity index (χ3n) is 5.71. The van der Waals surface area contributed by atoms with Gasteiger partial charge >= 0.3 is 0 Å². The second kappa shape index (κ2) is 11.2. The summed E-state index contributed by atoms with van der Waals surface area (Å²) in [6.07, 6.45) is 0.342. The number of azo groups is 1. The first-order valence-electron chi connectivity index (χ1n) is 11.6. The number of aryl methyl sites for hydroxylation is 1. The van der Waals surface area contributed by atoms with Gasteiger partial charge in [-0.25, -0.2) is 0 Å². The SMILES string of the molecule is CCOc1ccc(NC(=O)c2cc3ccccc3c(N=Nc3c(Cl)cc(S(=O)(=O)O)cc3CC)c2O)cc1. The normalized spacial score (nSPS) is 11.7. The van der Waals surface area contributed by atoms with Gasteiger partial charge in [0.05, 0.1) is 22.1 Å². The summed E-state index contributed by atoms with van der Waals surface area (Å²) in [5, 5.41) is 23.4. The van der Waals surface area contributed by atoms with E-state index >= 15 is 0 Å². The Morgan fingerprint density at radius 1 is 1.00 bits per heavy atom. The Balaban J connectivity index is 1.76. The Hall–Kier alpha value is -3.99. The molecule has 1 amide bonds. The van der Waals surface area contributed by atoms with E-state index < -0.39 is 16.0 Å². The highest BCUT2D eigenvalue weighted by atomic mass is 35.5. The smallest absolute Gasteiger partial charge is 0.294 e. The number of nitrogens with one attached hydrogen (secondary N) is 1. The average molecular weight is 554 g/mol. The Morgan fingerprint density at radius 2 is 1.68 bits per heavy atom. The molecule has 4 aromatic rings. The Labute approximate surface area is 224 Å². The van der Waals surface area contributed by atoms with Crippen LogP contribution < -0.4 is 10.1 Å². The van der Waals surface area contributed by atoms with Crippen LogP contribution in [0.15, 0.2) is 81.9 Å². The lowest BCUT2D eigenvalue weighted by molar-refractivity contribution is 0.102. The Morgan fingerprint density at radius 3 is 2.34 bits per heavy atom. The van der Waals surface area contributed by atoms with Gasteiger partial charge in [0, 0.05) is 11.1 Å². The molecule has 0 saturated carbocycles. The van der Waals surface area contributed by atoms with E-state index in [0.29, 0.717) is 40.8 Å². The van der Waals surface area contributed by atoms with Crippen LogP contribution in [0.3, 0.4) is 0 Å². The number of aromatic hydroxyl groups is 1. The Bertz CT molecular complexity index is 1650. The number of hydrogen-bond donors (Lipinski definition) is 3. The molecule has 0 bridgehead atoms. The van der Waals surface area contributed by atoms with Crippen LogP contribution in [0.1, 0.15) is 29.8 Å². The maximum atomic E-state index is 13.1. The first-order valence-corrected chi connectivity index (χ1v) is 13.4. The van der Waals surface area contributed by atoms with Gasteiger partial charge in [-0.2, -0.15) is 8.42 Å². The number of nitrogens with zero attached hydrogens (tertiary/aromatic N) is 2. The second-order valence-corrected chi connectivity index (χ2v) is 10.0. The number of carbonyl (C=O) groups is 1. The molecule has 0 heterocycles.